The van der Waals surface area contributed by atoms with E-state index in [-0.39, 0.29) is 6.42 Å². The Morgan fingerprint density at radius 1 is 1.30 bits per heavy atom. The third kappa shape index (κ3) is 0.836. The topological polar surface area (TPSA) is 27.7 Å². The maximum absolute atomic E-state index is 13.0. The van der Waals surface area contributed by atoms with E-state index in [9.17, 15) is 4.39 Å². The molecule has 0 radical (unpaired) electrons. The van der Waals surface area contributed by atoms with Crippen molar-refractivity contribution in [3.63, 3.8) is 0 Å². The molecule has 3 nitrogen and oxygen atoms in total. The molecule has 2 fully saturated rings. The third-order valence-electron chi connectivity index (χ3n) is 1.82. The molecule has 0 aromatic heterocycles. The van der Waals surface area contributed by atoms with Crippen molar-refractivity contribution in [1.29, 1.82) is 0 Å². The summed E-state index contributed by atoms with van der Waals surface area (Å²) in [6.45, 7) is 1.67. The van der Waals surface area contributed by atoms with Gasteiger partial charge in [0.25, 0.3) is 0 Å². The van der Waals surface area contributed by atoms with Crippen LogP contribution in [0.3, 0.4) is 0 Å². The van der Waals surface area contributed by atoms with Gasteiger partial charge in [0.1, 0.15) is 0 Å². The molecule has 4 heteroatoms. The summed E-state index contributed by atoms with van der Waals surface area (Å²) in [5.41, 5.74) is 0. The third-order valence-corrected chi connectivity index (χ3v) is 1.82. The zero-order valence-electron chi connectivity index (χ0n) is 5.72. The Bertz CT molecular complexity index is 147. The van der Waals surface area contributed by atoms with Gasteiger partial charge in [0.2, 0.25) is 5.79 Å². The zero-order chi connectivity index (χ0) is 7.24. The quantitative estimate of drug-likeness (QED) is 0.487. The normalized spacial score (nSPS) is 53.4. The number of halogens is 1. The monoisotopic (exact) mass is 148 g/mol. The van der Waals surface area contributed by atoms with Crippen LogP contribution in [0.1, 0.15) is 26.2 Å². The molecule has 2 unspecified atom stereocenters. The van der Waals surface area contributed by atoms with Gasteiger partial charge in [0, 0.05) is 12.8 Å². The summed E-state index contributed by atoms with van der Waals surface area (Å²) in [6, 6.07) is -1.97. The Hall–Kier alpha value is -0.190. The van der Waals surface area contributed by atoms with Gasteiger partial charge < -0.3 is 0 Å². The van der Waals surface area contributed by atoms with E-state index in [1.54, 1.807) is 6.92 Å². The van der Waals surface area contributed by atoms with Crippen LogP contribution in [0.15, 0.2) is 0 Å². The molecule has 2 atom stereocenters. The number of fused-ring (bicyclic) bond motifs is 2. The maximum Gasteiger partial charge on any atom is 0.350 e. The number of alkyl halides is 1. The SMILES string of the molecule is CC12CCCC(F)(OO1)O2. The Morgan fingerprint density at radius 3 is 2.70 bits per heavy atom. The fourth-order valence-electron chi connectivity index (χ4n) is 1.31. The first-order valence-corrected chi connectivity index (χ1v) is 3.38. The van der Waals surface area contributed by atoms with E-state index in [4.69, 9.17) is 4.74 Å². The van der Waals surface area contributed by atoms with Gasteiger partial charge in [-0.1, -0.05) is 0 Å². The van der Waals surface area contributed by atoms with Crippen molar-refractivity contribution in [3.05, 3.63) is 0 Å². The van der Waals surface area contributed by atoms with Crippen LogP contribution in [-0.2, 0) is 14.5 Å². The number of rotatable bonds is 0. The second kappa shape index (κ2) is 1.69. The summed E-state index contributed by atoms with van der Waals surface area (Å²) in [6.07, 6.45) is 1.70. The Balaban J connectivity index is 2.20. The highest BCUT2D eigenvalue weighted by molar-refractivity contribution is 4.76. The van der Waals surface area contributed by atoms with Crippen LogP contribution in [0.5, 0.6) is 0 Å². The van der Waals surface area contributed by atoms with Crippen molar-refractivity contribution < 1.29 is 18.9 Å². The standard InChI is InChI=1S/C6H9FO3/c1-5-3-2-4-6(7,8-5)10-9-5/h2-4H2,1H3. The molecule has 0 aromatic rings. The summed E-state index contributed by atoms with van der Waals surface area (Å²) < 4.78 is 17.9. The van der Waals surface area contributed by atoms with E-state index in [0.717, 1.165) is 6.42 Å². The van der Waals surface area contributed by atoms with E-state index in [1.807, 2.05) is 0 Å². The second-order valence-electron chi connectivity index (χ2n) is 2.92. The van der Waals surface area contributed by atoms with E-state index in [1.165, 1.54) is 0 Å². The average Bonchev–Trinajstić information content (AvgIpc) is 2.03. The summed E-state index contributed by atoms with van der Waals surface area (Å²) in [5, 5.41) is 0. The molecule has 0 spiro atoms. The lowest BCUT2D eigenvalue weighted by molar-refractivity contribution is -0.374. The predicted octanol–water partition coefficient (Wildman–Crippen LogP) is 1.49. The highest BCUT2D eigenvalue weighted by atomic mass is 19.2. The van der Waals surface area contributed by atoms with Crippen molar-refractivity contribution in [3.8, 4) is 0 Å². The van der Waals surface area contributed by atoms with Gasteiger partial charge in [-0.2, -0.15) is 14.2 Å². The zero-order valence-corrected chi connectivity index (χ0v) is 5.72. The molecule has 0 amide bonds. The minimum atomic E-state index is -1.97. The van der Waals surface area contributed by atoms with Crippen LogP contribution in [0.2, 0.25) is 0 Å². The lowest BCUT2D eigenvalue weighted by Crippen LogP contribution is -2.35. The van der Waals surface area contributed by atoms with Crippen LogP contribution in [0.4, 0.5) is 4.39 Å². The minimum absolute atomic E-state index is 0.266. The van der Waals surface area contributed by atoms with Gasteiger partial charge >= 0.3 is 6.04 Å². The van der Waals surface area contributed by atoms with Crippen molar-refractivity contribution >= 4 is 0 Å². The van der Waals surface area contributed by atoms with E-state index >= 15 is 0 Å². The molecule has 2 aliphatic rings. The fourth-order valence-corrected chi connectivity index (χ4v) is 1.31. The first kappa shape index (κ1) is 6.52. The first-order valence-electron chi connectivity index (χ1n) is 3.38. The molecule has 2 saturated heterocycles. The predicted molar refractivity (Wildman–Crippen MR) is 29.3 cm³/mol. The van der Waals surface area contributed by atoms with Gasteiger partial charge in [-0.3, -0.25) is 4.74 Å². The lowest BCUT2D eigenvalue weighted by Gasteiger charge is -2.26. The average molecular weight is 148 g/mol. The van der Waals surface area contributed by atoms with Gasteiger partial charge in [-0.05, 0) is 13.3 Å². The smallest absolute Gasteiger partial charge is 0.287 e. The van der Waals surface area contributed by atoms with E-state index in [2.05, 4.69) is 9.78 Å². The second-order valence-corrected chi connectivity index (χ2v) is 2.92. The number of ether oxygens (including phenoxy) is 1. The van der Waals surface area contributed by atoms with Crippen LogP contribution < -0.4 is 0 Å². The molecule has 2 aliphatic heterocycles. The Morgan fingerprint density at radius 2 is 2.10 bits per heavy atom. The molecule has 0 aromatic carbocycles. The van der Waals surface area contributed by atoms with Gasteiger partial charge in [-0.25, -0.2) is 0 Å². The van der Waals surface area contributed by atoms with Crippen molar-refractivity contribution in [1.82, 2.24) is 0 Å². The molecule has 2 rings (SSSR count). The largest absolute Gasteiger partial charge is 0.350 e. The minimum Gasteiger partial charge on any atom is -0.287 e. The van der Waals surface area contributed by atoms with E-state index in [0.29, 0.717) is 6.42 Å². The molecule has 10 heavy (non-hydrogen) atoms. The van der Waals surface area contributed by atoms with Crippen LogP contribution in [-0.4, -0.2) is 11.8 Å². The van der Waals surface area contributed by atoms with E-state index < -0.39 is 11.8 Å². The molecule has 0 saturated carbocycles. The molecular formula is C6H9FO3. The van der Waals surface area contributed by atoms with Crippen LogP contribution >= 0.6 is 0 Å². The summed E-state index contributed by atoms with van der Waals surface area (Å²) in [5.74, 6) is -0.840. The van der Waals surface area contributed by atoms with Gasteiger partial charge in [-0.15, -0.1) is 0 Å². The summed E-state index contributed by atoms with van der Waals surface area (Å²) in [4.78, 5) is 9.05. The van der Waals surface area contributed by atoms with Crippen molar-refractivity contribution in [2.45, 2.75) is 38.0 Å². The molecule has 58 valence electrons. The molecular weight excluding hydrogens is 139 g/mol. The van der Waals surface area contributed by atoms with Crippen LogP contribution in [0.25, 0.3) is 0 Å². The number of hydrogen-bond donors (Lipinski definition) is 0. The summed E-state index contributed by atoms with van der Waals surface area (Å²) in [7, 11) is 0. The molecule has 0 aliphatic carbocycles. The van der Waals surface area contributed by atoms with Crippen LogP contribution in [0, 0.1) is 0 Å². The number of hydrogen-bond acceptors (Lipinski definition) is 3. The summed E-state index contributed by atoms with van der Waals surface area (Å²) >= 11 is 0. The maximum atomic E-state index is 13.0. The van der Waals surface area contributed by atoms with Gasteiger partial charge in [0.15, 0.2) is 0 Å². The lowest BCUT2D eigenvalue weighted by atomic mass is 10.1. The molecule has 2 heterocycles. The van der Waals surface area contributed by atoms with Crippen molar-refractivity contribution in [2.24, 2.45) is 0 Å². The molecule has 2 bridgehead atoms. The fraction of sp³-hybridized carbons (Fsp3) is 1.00. The highest BCUT2D eigenvalue weighted by Gasteiger charge is 2.54. The molecule has 0 N–H and O–H groups in total. The Kier molecular flexibility index (Phi) is 1.10. The van der Waals surface area contributed by atoms with Gasteiger partial charge in [0.05, 0.1) is 0 Å². The first-order chi connectivity index (χ1) is 4.62. The Labute approximate surface area is 58.0 Å². The van der Waals surface area contributed by atoms with Crippen molar-refractivity contribution in [2.75, 3.05) is 0 Å². The highest BCUT2D eigenvalue weighted by Crippen LogP contribution is 2.44.